The average Bonchev–Trinajstić information content (AvgIpc) is 2.44. The van der Waals surface area contributed by atoms with Gasteiger partial charge >= 0.3 is 0 Å². The normalized spacial score (nSPS) is 39.2. The molecule has 0 aromatic heterocycles. The lowest BCUT2D eigenvalue weighted by atomic mass is 9.82. The van der Waals surface area contributed by atoms with E-state index in [-0.39, 0.29) is 5.41 Å². The van der Waals surface area contributed by atoms with Crippen molar-refractivity contribution in [2.24, 2.45) is 10.6 Å². The largest absolute Gasteiger partial charge is 0.398 e. The van der Waals surface area contributed by atoms with Gasteiger partial charge in [0.2, 0.25) is 0 Å². The topological polar surface area (TPSA) is 24.8 Å². The van der Waals surface area contributed by atoms with Gasteiger partial charge in [-0.25, -0.2) is 0 Å². The molecule has 2 atom stereocenters. The predicted molar refractivity (Wildman–Crippen MR) is 56.1 cm³/mol. The van der Waals surface area contributed by atoms with Crippen molar-refractivity contribution in [1.82, 2.24) is 4.90 Å². The van der Waals surface area contributed by atoms with E-state index in [1.807, 2.05) is 0 Å². The quantitative estimate of drug-likeness (QED) is 0.549. The first kappa shape index (κ1) is 9.46. The van der Waals surface area contributed by atoms with Crippen LogP contribution in [0.3, 0.4) is 0 Å². The van der Waals surface area contributed by atoms with Crippen molar-refractivity contribution >= 4 is 20.6 Å². The van der Waals surface area contributed by atoms with Gasteiger partial charge in [-0.2, -0.15) is 0 Å². The van der Waals surface area contributed by atoms with Crippen LogP contribution in [0.5, 0.6) is 0 Å². The molecule has 0 radical (unpaired) electrons. The van der Waals surface area contributed by atoms with E-state index < -0.39 is 0 Å². The summed E-state index contributed by atoms with van der Waals surface area (Å²) in [7, 11) is 1.60. The van der Waals surface area contributed by atoms with Crippen molar-refractivity contribution in [2.75, 3.05) is 26.7 Å². The number of halogens is 1. The molecule has 0 N–H and O–H groups in total. The van der Waals surface area contributed by atoms with Crippen LogP contribution in [0.1, 0.15) is 19.3 Å². The Morgan fingerprint density at radius 2 is 2.31 bits per heavy atom. The molecule has 0 aromatic carbocycles. The summed E-state index contributed by atoms with van der Waals surface area (Å²) in [5, 5.41) is 4.02. The molecule has 2 fully saturated rings. The Labute approximate surface area is 87.2 Å². The summed E-state index contributed by atoms with van der Waals surface area (Å²) in [5.74, 6) is 0. The molecular formula is C9H15BrN2O. The first-order valence-electron chi connectivity index (χ1n) is 4.76. The van der Waals surface area contributed by atoms with Crippen LogP contribution >= 0.6 is 15.9 Å². The fraction of sp³-hybridized carbons (Fsp3) is 0.889. The lowest BCUT2D eigenvalue weighted by Gasteiger charge is -2.32. The third kappa shape index (κ3) is 1.62. The summed E-state index contributed by atoms with van der Waals surface area (Å²) >= 11 is 3.54. The molecule has 2 aliphatic rings. The molecule has 2 aliphatic heterocycles. The van der Waals surface area contributed by atoms with Crippen molar-refractivity contribution in [1.29, 1.82) is 0 Å². The number of oxime groups is 1. The van der Waals surface area contributed by atoms with Crippen LogP contribution in [-0.2, 0) is 4.84 Å². The highest BCUT2D eigenvalue weighted by atomic mass is 79.9. The van der Waals surface area contributed by atoms with E-state index in [1.54, 1.807) is 7.11 Å². The van der Waals surface area contributed by atoms with Crippen LogP contribution in [0.25, 0.3) is 0 Å². The van der Waals surface area contributed by atoms with Gasteiger partial charge in [0.05, 0.1) is 0 Å². The van der Waals surface area contributed by atoms with Crippen LogP contribution in [0.15, 0.2) is 5.16 Å². The Bertz CT molecular complexity index is 228. The second-order valence-electron chi connectivity index (χ2n) is 3.97. The van der Waals surface area contributed by atoms with E-state index in [9.17, 15) is 0 Å². The van der Waals surface area contributed by atoms with E-state index in [0.717, 1.165) is 11.2 Å². The zero-order valence-corrected chi connectivity index (χ0v) is 9.51. The first-order valence-corrected chi connectivity index (χ1v) is 5.56. The maximum absolute atomic E-state index is 4.82. The monoisotopic (exact) mass is 246 g/mol. The third-order valence-corrected chi connectivity index (χ3v) is 4.16. The second kappa shape index (κ2) is 3.58. The average molecular weight is 247 g/mol. The van der Waals surface area contributed by atoms with Crippen LogP contribution in [0.4, 0.5) is 0 Å². The highest BCUT2D eigenvalue weighted by Gasteiger charge is 2.44. The lowest BCUT2D eigenvalue weighted by molar-refractivity contribution is 0.199. The van der Waals surface area contributed by atoms with Crippen molar-refractivity contribution < 1.29 is 4.84 Å². The number of fused-ring (bicyclic) bond motifs is 2. The van der Waals surface area contributed by atoms with E-state index >= 15 is 0 Å². The van der Waals surface area contributed by atoms with E-state index in [2.05, 4.69) is 26.0 Å². The molecule has 0 amide bonds. The smallest absolute Gasteiger partial charge is 0.130 e. The van der Waals surface area contributed by atoms with E-state index in [1.165, 1.54) is 32.4 Å². The van der Waals surface area contributed by atoms with Gasteiger partial charge < -0.3 is 9.74 Å². The molecule has 3 nitrogen and oxygen atoms in total. The van der Waals surface area contributed by atoms with Crippen molar-refractivity contribution in [2.45, 2.75) is 19.3 Å². The van der Waals surface area contributed by atoms with Gasteiger partial charge in [0.15, 0.2) is 0 Å². The molecule has 2 bridgehead atoms. The summed E-state index contributed by atoms with van der Waals surface area (Å²) in [4.78, 5) is 7.33. The number of hydrogen-bond donors (Lipinski definition) is 0. The lowest BCUT2D eigenvalue weighted by Crippen LogP contribution is -2.37. The standard InChI is InChI=1S/C9H15BrN2O/c1-13-11-8(10)9-3-2-5-12(7-9)6-4-9/h2-7H2,1H3/b11-8+/t9-/m1/s1. The second-order valence-corrected chi connectivity index (χ2v) is 4.73. The van der Waals surface area contributed by atoms with Gasteiger partial charge in [-0.1, -0.05) is 5.16 Å². The molecule has 2 heterocycles. The van der Waals surface area contributed by atoms with Crippen LogP contribution in [0, 0.1) is 5.41 Å². The Balaban J connectivity index is 2.15. The Morgan fingerprint density at radius 1 is 1.46 bits per heavy atom. The number of piperidine rings is 1. The van der Waals surface area contributed by atoms with E-state index in [0.29, 0.717) is 0 Å². The minimum atomic E-state index is 0.272. The number of rotatable bonds is 2. The molecular weight excluding hydrogens is 232 g/mol. The molecule has 0 saturated carbocycles. The van der Waals surface area contributed by atoms with Gasteiger partial charge in [-0.05, 0) is 48.3 Å². The Morgan fingerprint density at radius 3 is 3.08 bits per heavy atom. The number of nitrogens with zero attached hydrogens (tertiary/aromatic N) is 2. The fourth-order valence-electron chi connectivity index (χ4n) is 2.44. The van der Waals surface area contributed by atoms with Gasteiger partial charge in [-0.3, -0.25) is 0 Å². The maximum atomic E-state index is 4.82. The maximum Gasteiger partial charge on any atom is 0.130 e. The highest BCUT2D eigenvalue weighted by Crippen LogP contribution is 2.42. The zero-order chi connectivity index (χ0) is 9.31. The molecule has 0 spiro atoms. The zero-order valence-electron chi connectivity index (χ0n) is 7.92. The molecule has 74 valence electrons. The third-order valence-electron chi connectivity index (χ3n) is 3.17. The molecule has 2 saturated heterocycles. The molecule has 0 aromatic rings. The minimum Gasteiger partial charge on any atom is -0.398 e. The Hall–Kier alpha value is -0.0900. The van der Waals surface area contributed by atoms with Crippen molar-refractivity contribution in [3.8, 4) is 0 Å². The van der Waals surface area contributed by atoms with Crippen molar-refractivity contribution in [3.05, 3.63) is 0 Å². The van der Waals surface area contributed by atoms with Crippen LogP contribution in [0.2, 0.25) is 0 Å². The highest BCUT2D eigenvalue weighted by molar-refractivity contribution is 9.18. The summed E-state index contributed by atoms with van der Waals surface area (Å²) in [6, 6.07) is 0. The molecule has 13 heavy (non-hydrogen) atoms. The van der Waals surface area contributed by atoms with E-state index in [4.69, 9.17) is 4.84 Å². The van der Waals surface area contributed by atoms with Crippen LogP contribution < -0.4 is 0 Å². The summed E-state index contributed by atoms with van der Waals surface area (Å²) in [6.07, 6.45) is 3.76. The number of hydrogen-bond acceptors (Lipinski definition) is 3. The summed E-state index contributed by atoms with van der Waals surface area (Å²) in [6.45, 7) is 3.63. The SMILES string of the molecule is CO/N=C(/Br)[C@]12CCC[N@@](CC1)C2. The minimum absolute atomic E-state index is 0.272. The molecule has 4 heteroatoms. The van der Waals surface area contributed by atoms with Gasteiger partial charge in [0, 0.05) is 12.0 Å². The summed E-state index contributed by atoms with van der Waals surface area (Å²) in [5.41, 5.74) is 0.272. The molecule has 0 unspecified atom stereocenters. The molecule has 2 rings (SSSR count). The van der Waals surface area contributed by atoms with Crippen molar-refractivity contribution in [3.63, 3.8) is 0 Å². The van der Waals surface area contributed by atoms with Gasteiger partial charge in [-0.15, -0.1) is 0 Å². The van der Waals surface area contributed by atoms with Gasteiger partial charge in [0.25, 0.3) is 0 Å². The Kier molecular flexibility index (Phi) is 2.60. The summed E-state index contributed by atoms with van der Waals surface area (Å²) < 4.78 is 1.00. The predicted octanol–water partition coefficient (Wildman–Crippen LogP) is 1.83. The first-order chi connectivity index (χ1) is 6.27. The van der Waals surface area contributed by atoms with Gasteiger partial charge in [0.1, 0.15) is 11.7 Å². The fourth-order valence-corrected chi connectivity index (χ4v) is 3.11. The van der Waals surface area contributed by atoms with Crippen LogP contribution in [-0.4, -0.2) is 36.3 Å². The molecule has 0 aliphatic carbocycles.